The van der Waals surface area contributed by atoms with Gasteiger partial charge in [-0.15, -0.1) is 0 Å². The zero-order chi connectivity index (χ0) is 18.1. The maximum atomic E-state index is 10.0. The number of carbonyl (C=O) groups is 1. The molecule has 3 aromatic rings. The summed E-state index contributed by atoms with van der Waals surface area (Å²) in [7, 11) is 3.39. The number of rotatable bonds is 3. The molecule has 0 unspecified atom stereocenters. The molecule has 0 aliphatic rings. The van der Waals surface area contributed by atoms with E-state index in [0.717, 1.165) is 0 Å². The molecule has 4 heteroatoms. The van der Waals surface area contributed by atoms with E-state index >= 15 is 0 Å². The van der Waals surface area contributed by atoms with Gasteiger partial charge in [0.25, 0.3) is 0 Å². The van der Waals surface area contributed by atoms with Crippen molar-refractivity contribution in [3.63, 3.8) is 0 Å². The van der Waals surface area contributed by atoms with Crippen molar-refractivity contribution < 1.29 is 4.79 Å². The fraction of sp³-hybridized carbons (Fsp3) is 0.0952. The monoisotopic (exact) mass is 457 g/mol. The van der Waals surface area contributed by atoms with Gasteiger partial charge in [0.1, 0.15) is 0 Å². The minimum absolute atomic E-state index is 0.0324. The fourth-order valence-electron chi connectivity index (χ4n) is 2.31. The van der Waals surface area contributed by atoms with Crippen LogP contribution in [-0.4, -0.2) is 54.2 Å². The van der Waals surface area contributed by atoms with Gasteiger partial charge >= 0.3 is 163 Å². The first kappa shape index (κ1) is 19.5. The van der Waals surface area contributed by atoms with Gasteiger partial charge in [0.15, 0.2) is 0 Å². The number of carbonyl (C=O) groups excluding carboxylic acids is 1. The second kappa shape index (κ2) is 10.2. The number of nitrogens with zero attached hydrogens (tertiary/aromatic N) is 1. The molecule has 0 saturated carbocycles. The summed E-state index contributed by atoms with van der Waals surface area (Å²) >= 11 is 0.694. The maximum absolute atomic E-state index is 10.0. The zero-order valence-corrected chi connectivity index (χ0v) is 18.2. The molecule has 0 aliphatic heterocycles. The molecule has 0 heterocycles. The van der Waals surface area contributed by atoms with Crippen molar-refractivity contribution in [3.8, 4) is 0 Å². The fourth-order valence-corrected chi connectivity index (χ4v) is 7.72. The Hall–Kier alpha value is -1.81. The molecule has 3 aromatic carbocycles. The minimum atomic E-state index is -1.63. The molecular formula is C21H21GeNOSe. The molecule has 0 spiro atoms. The second-order valence-electron chi connectivity index (χ2n) is 5.63. The predicted molar refractivity (Wildman–Crippen MR) is 109 cm³/mol. The molecule has 0 bridgehead atoms. The average molecular weight is 455 g/mol. The molecule has 3 rings (SSSR count). The van der Waals surface area contributed by atoms with Crippen molar-refractivity contribution in [2.24, 2.45) is 0 Å². The first-order chi connectivity index (χ1) is 12.1. The van der Waals surface area contributed by atoms with Crippen LogP contribution in [0.2, 0.25) is 0 Å². The Kier molecular flexibility index (Phi) is 8.00. The van der Waals surface area contributed by atoms with Crippen molar-refractivity contribution in [1.82, 2.24) is 4.90 Å². The Morgan fingerprint density at radius 3 is 1.12 bits per heavy atom. The van der Waals surface area contributed by atoms with Gasteiger partial charge in [0.2, 0.25) is 0 Å². The van der Waals surface area contributed by atoms with Crippen LogP contribution in [0, 0.1) is 0 Å². The van der Waals surface area contributed by atoms with Gasteiger partial charge in [0, 0.05) is 0 Å². The Balaban J connectivity index is 0.000000326. The first-order valence-electron chi connectivity index (χ1n) is 8.01. The van der Waals surface area contributed by atoms with E-state index in [1.807, 2.05) is 0 Å². The quantitative estimate of drug-likeness (QED) is 0.555. The Morgan fingerprint density at radius 1 is 0.680 bits per heavy atom. The molecule has 1 amide bonds. The van der Waals surface area contributed by atoms with E-state index in [0.29, 0.717) is 0 Å². The van der Waals surface area contributed by atoms with E-state index in [4.69, 9.17) is 0 Å². The number of hydrogen-bond acceptors (Lipinski definition) is 1. The van der Waals surface area contributed by atoms with Crippen molar-refractivity contribution in [2.75, 3.05) is 14.1 Å². The Labute approximate surface area is 162 Å². The molecule has 0 aromatic heterocycles. The van der Waals surface area contributed by atoms with E-state index in [-0.39, 0.29) is 4.81 Å². The molecule has 0 N–H and O–H groups in total. The third kappa shape index (κ3) is 6.20. The SMILES string of the molecule is CN(C)C(=O)[Se].c1cc[c]([Ge]([c]2ccccc2)[c]2ccccc2)cc1. The van der Waals surface area contributed by atoms with Crippen LogP contribution in [-0.2, 0) is 0 Å². The Bertz CT molecular complexity index is 670. The molecule has 0 aliphatic carbocycles. The van der Waals surface area contributed by atoms with E-state index in [9.17, 15) is 4.79 Å². The van der Waals surface area contributed by atoms with Gasteiger partial charge in [0.05, 0.1) is 0 Å². The van der Waals surface area contributed by atoms with E-state index in [1.54, 1.807) is 14.1 Å². The van der Waals surface area contributed by atoms with Crippen LogP contribution in [0.1, 0.15) is 0 Å². The van der Waals surface area contributed by atoms with Crippen molar-refractivity contribution in [1.29, 1.82) is 0 Å². The van der Waals surface area contributed by atoms with Gasteiger partial charge in [-0.25, -0.2) is 0 Å². The summed E-state index contributed by atoms with van der Waals surface area (Å²) in [5.74, 6) is 0. The van der Waals surface area contributed by atoms with Crippen LogP contribution in [0.25, 0.3) is 0 Å². The molecule has 0 atom stereocenters. The summed E-state index contributed by atoms with van der Waals surface area (Å²) in [6, 6.07) is 32.8. The zero-order valence-electron chi connectivity index (χ0n) is 14.4. The van der Waals surface area contributed by atoms with Crippen LogP contribution in [0.5, 0.6) is 0 Å². The summed E-state index contributed by atoms with van der Waals surface area (Å²) in [5.41, 5.74) is 0. The molecule has 25 heavy (non-hydrogen) atoms. The van der Waals surface area contributed by atoms with Crippen molar-refractivity contribution in [2.45, 2.75) is 0 Å². The number of benzene rings is 3. The van der Waals surface area contributed by atoms with Crippen LogP contribution < -0.4 is 13.2 Å². The third-order valence-corrected chi connectivity index (χ3v) is 10.1. The van der Waals surface area contributed by atoms with Gasteiger partial charge in [-0.05, 0) is 0 Å². The number of amides is 1. The Morgan fingerprint density at radius 2 is 0.920 bits per heavy atom. The average Bonchev–Trinajstić information content (AvgIpc) is 2.65. The van der Waals surface area contributed by atoms with E-state index in [1.165, 1.54) is 18.1 Å². The summed E-state index contributed by atoms with van der Waals surface area (Å²) in [6.45, 7) is 0. The van der Waals surface area contributed by atoms with Crippen LogP contribution in [0.15, 0.2) is 91.0 Å². The summed E-state index contributed by atoms with van der Waals surface area (Å²) < 4.78 is 4.50. The molecule has 0 fully saturated rings. The molecule has 2 nitrogen and oxygen atoms in total. The predicted octanol–water partition coefficient (Wildman–Crippen LogP) is 2.04. The van der Waals surface area contributed by atoms with Gasteiger partial charge in [-0.3, -0.25) is 0 Å². The summed E-state index contributed by atoms with van der Waals surface area (Å²) in [4.78, 5) is 11.5. The molecule has 126 valence electrons. The third-order valence-electron chi connectivity index (χ3n) is 3.55. The van der Waals surface area contributed by atoms with Gasteiger partial charge in [-0.1, -0.05) is 0 Å². The standard InChI is InChI=1S/C18H15Ge.C3H6NOSe/c1-4-10-16(11-5-1)19(17-12-6-2-7-13-17)18-14-8-3-9-15-18;1-4(2)3(5)6/h1-15H;1-2H3. The molecular weight excluding hydrogens is 434 g/mol. The normalized spacial score (nSPS) is 9.88. The molecule has 0 saturated heterocycles. The topological polar surface area (TPSA) is 20.3 Å². The van der Waals surface area contributed by atoms with Gasteiger partial charge in [-0.2, -0.15) is 0 Å². The molecule has 2 radical (unpaired) electrons. The second-order valence-corrected chi connectivity index (χ2v) is 11.6. The van der Waals surface area contributed by atoms with E-state index in [2.05, 4.69) is 107 Å². The number of hydrogen-bond donors (Lipinski definition) is 0. The van der Waals surface area contributed by atoms with Crippen molar-refractivity contribution in [3.05, 3.63) is 91.0 Å². The van der Waals surface area contributed by atoms with Crippen LogP contribution >= 0.6 is 0 Å². The van der Waals surface area contributed by atoms with Crippen molar-refractivity contribution >= 4 is 48.4 Å². The van der Waals surface area contributed by atoms with Crippen LogP contribution in [0.3, 0.4) is 0 Å². The summed E-state index contributed by atoms with van der Waals surface area (Å²) in [5, 5.41) is 0. The first-order valence-corrected chi connectivity index (χ1v) is 12.0. The van der Waals surface area contributed by atoms with E-state index < -0.39 is 14.3 Å². The van der Waals surface area contributed by atoms with Gasteiger partial charge < -0.3 is 0 Å². The summed E-state index contributed by atoms with van der Waals surface area (Å²) in [6.07, 6.45) is 0. The van der Waals surface area contributed by atoms with Crippen LogP contribution in [0.4, 0.5) is 4.79 Å².